The molecule has 184 valence electrons. The van der Waals surface area contributed by atoms with Gasteiger partial charge in [-0.1, -0.05) is 13.8 Å². The lowest BCUT2D eigenvalue weighted by atomic mass is 9.58. The fourth-order valence-electron chi connectivity index (χ4n) is 6.94. The first-order valence-corrected chi connectivity index (χ1v) is 13.7. The van der Waals surface area contributed by atoms with Crippen molar-refractivity contribution in [2.45, 2.75) is 72.1 Å². The number of likely N-dealkylation sites (tertiary alicyclic amines) is 1. The van der Waals surface area contributed by atoms with Gasteiger partial charge < -0.3 is 4.98 Å². The summed E-state index contributed by atoms with van der Waals surface area (Å²) in [5.74, 6) is 1.35. The molecule has 1 aliphatic carbocycles. The molecule has 35 heavy (non-hydrogen) atoms. The van der Waals surface area contributed by atoms with E-state index < -0.39 is 0 Å². The summed E-state index contributed by atoms with van der Waals surface area (Å²) >= 11 is 1.97. The van der Waals surface area contributed by atoms with E-state index in [0.717, 1.165) is 24.3 Å². The maximum Gasteiger partial charge on any atom is 0.158 e. The van der Waals surface area contributed by atoms with Crippen molar-refractivity contribution in [3.8, 4) is 11.3 Å². The minimum Gasteiger partial charge on any atom is -0.346 e. The standard InChI is InChI=1S/C28H35N5OS/c1-16(2)22-23-19(5)25(21-10-28(11-21)7-6-8-32(14-28)12-18(4)34)35-27(23)31-24(22)20-9-17(3)26-29-15-30-33(26)13-20/h9,13,15-16,21,31H,6-8,10-12,14H2,1-5H3/t21-,28-. The van der Waals surface area contributed by atoms with Crippen LogP contribution in [-0.4, -0.2) is 49.9 Å². The van der Waals surface area contributed by atoms with Crippen LogP contribution >= 0.6 is 11.3 Å². The molecule has 1 spiro atoms. The number of hydrogen-bond acceptors (Lipinski definition) is 5. The van der Waals surface area contributed by atoms with E-state index in [-0.39, 0.29) is 5.78 Å². The lowest BCUT2D eigenvalue weighted by Crippen LogP contribution is -2.50. The van der Waals surface area contributed by atoms with Gasteiger partial charge >= 0.3 is 0 Å². The molecule has 5 heterocycles. The Kier molecular flexibility index (Phi) is 5.42. The molecule has 1 N–H and O–H groups in total. The van der Waals surface area contributed by atoms with Gasteiger partial charge in [-0.3, -0.25) is 9.69 Å². The molecule has 2 aliphatic rings. The fourth-order valence-corrected chi connectivity index (χ4v) is 8.27. The van der Waals surface area contributed by atoms with Gasteiger partial charge in [0.15, 0.2) is 5.65 Å². The molecule has 0 atom stereocenters. The zero-order valence-corrected chi connectivity index (χ0v) is 22.3. The molecule has 1 saturated carbocycles. The summed E-state index contributed by atoms with van der Waals surface area (Å²) in [6, 6.07) is 2.23. The van der Waals surface area contributed by atoms with Gasteiger partial charge in [0.2, 0.25) is 0 Å². The Balaban J connectivity index is 1.33. The largest absolute Gasteiger partial charge is 0.346 e. The predicted octanol–water partition coefficient (Wildman–Crippen LogP) is 6.23. The highest BCUT2D eigenvalue weighted by atomic mass is 32.1. The summed E-state index contributed by atoms with van der Waals surface area (Å²) < 4.78 is 1.88. The number of piperidine rings is 1. The summed E-state index contributed by atoms with van der Waals surface area (Å²) in [6.07, 6.45) is 8.77. The maximum atomic E-state index is 11.7. The Morgan fingerprint density at radius 1 is 1.31 bits per heavy atom. The number of ketones is 1. The van der Waals surface area contributed by atoms with Crippen LogP contribution in [-0.2, 0) is 4.79 Å². The Morgan fingerprint density at radius 3 is 2.86 bits per heavy atom. The smallest absolute Gasteiger partial charge is 0.158 e. The van der Waals surface area contributed by atoms with Gasteiger partial charge in [-0.05, 0) is 93.0 Å². The number of aromatic nitrogens is 4. The second-order valence-electron chi connectivity index (χ2n) is 11.4. The van der Waals surface area contributed by atoms with Crippen molar-refractivity contribution in [2.75, 3.05) is 19.6 Å². The molecule has 0 aromatic carbocycles. The third-order valence-corrected chi connectivity index (χ3v) is 9.67. The summed E-state index contributed by atoms with van der Waals surface area (Å²) in [4.78, 5) is 25.1. The van der Waals surface area contributed by atoms with Crippen LogP contribution in [0.15, 0.2) is 18.6 Å². The van der Waals surface area contributed by atoms with Crippen LogP contribution in [0.3, 0.4) is 0 Å². The number of H-pyrrole nitrogens is 1. The van der Waals surface area contributed by atoms with Crippen LogP contribution in [0.4, 0.5) is 0 Å². The van der Waals surface area contributed by atoms with E-state index in [4.69, 9.17) is 0 Å². The Morgan fingerprint density at radius 2 is 2.11 bits per heavy atom. The van der Waals surface area contributed by atoms with Crippen LogP contribution in [0, 0.1) is 19.3 Å². The number of carbonyl (C=O) groups is 1. The number of aryl methyl sites for hydroxylation is 2. The monoisotopic (exact) mass is 489 g/mol. The van der Waals surface area contributed by atoms with Gasteiger partial charge in [-0.25, -0.2) is 9.50 Å². The van der Waals surface area contributed by atoms with E-state index in [1.54, 1.807) is 18.1 Å². The SMILES string of the molecule is CC(=O)CN1CCC[C@]2(C1)C[C@H](c1sc3[nH]c(-c4cc(C)c5ncnn5c4)c(C(C)C)c3c1C)C2. The van der Waals surface area contributed by atoms with E-state index in [1.165, 1.54) is 58.3 Å². The number of rotatable bonds is 5. The second kappa shape index (κ2) is 8.27. The predicted molar refractivity (Wildman–Crippen MR) is 142 cm³/mol. The van der Waals surface area contributed by atoms with Gasteiger partial charge in [0.05, 0.1) is 12.2 Å². The summed E-state index contributed by atoms with van der Waals surface area (Å²) in [7, 11) is 0. The molecule has 6 rings (SSSR count). The Hall–Kier alpha value is -2.51. The van der Waals surface area contributed by atoms with Crippen molar-refractivity contribution in [1.29, 1.82) is 0 Å². The van der Waals surface area contributed by atoms with Crippen molar-refractivity contribution in [1.82, 2.24) is 24.5 Å². The van der Waals surface area contributed by atoms with Crippen molar-refractivity contribution in [2.24, 2.45) is 5.41 Å². The average molecular weight is 490 g/mol. The third-order valence-electron chi connectivity index (χ3n) is 8.30. The van der Waals surface area contributed by atoms with E-state index in [2.05, 4.69) is 59.9 Å². The van der Waals surface area contributed by atoms with Crippen molar-refractivity contribution in [3.63, 3.8) is 0 Å². The van der Waals surface area contributed by atoms with E-state index >= 15 is 0 Å². The molecule has 0 amide bonds. The van der Waals surface area contributed by atoms with E-state index in [9.17, 15) is 4.79 Å². The number of pyridine rings is 1. The summed E-state index contributed by atoms with van der Waals surface area (Å²) in [5, 5.41) is 5.82. The van der Waals surface area contributed by atoms with E-state index in [1.807, 2.05) is 15.9 Å². The Bertz CT molecular complexity index is 1430. The second-order valence-corrected chi connectivity index (χ2v) is 12.5. The molecule has 0 radical (unpaired) electrons. The lowest BCUT2D eigenvalue weighted by Gasteiger charge is -2.53. The molecule has 4 aromatic heterocycles. The van der Waals surface area contributed by atoms with Crippen LogP contribution in [0.2, 0.25) is 0 Å². The summed E-state index contributed by atoms with van der Waals surface area (Å²) in [5.41, 5.74) is 7.73. The minimum atomic E-state index is 0.288. The molecular formula is C28H35N5OS. The van der Waals surface area contributed by atoms with Crippen molar-refractivity contribution >= 4 is 33.0 Å². The third kappa shape index (κ3) is 3.75. The minimum absolute atomic E-state index is 0.288. The first kappa shape index (κ1) is 22.9. The van der Waals surface area contributed by atoms with Crippen LogP contribution in [0.5, 0.6) is 0 Å². The topological polar surface area (TPSA) is 66.3 Å². The highest BCUT2D eigenvalue weighted by Crippen LogP contribution is 2.58. The number of nitrogens with one attached hydrogen (secondary N) is 1. The number of fused-ring (bicyclic) bond motifs is 2. The average Bonchev–Trinajstić information content (AvgIpc) is 3.46. The Labute approximate surface area is 210 Å². The zero-order chi connectivity index (χ0) is 24.5. The molecule has 0 unspecified atom stereocenters. The van der Waals surface area contributed by atoms with Gasteiger partial charge in [0.25, 0.3) is 0 Å². The number of thiophene rings is 1. The van der Waals surface area contributed by atoms with Crippen LogP contribution < -0.4 is 0 Å². The quantitative estimate of drug-likeness (QED) is 0.361. The normalized spacial score (nSPS) is 23.1. The number of Topliss-reactive ketones (excluding diaryl/α,β-unsaturated/α-hetero) is 1. The first-order valence-electron chi connectivity index (χ1n) is 12.9. The number of aromatic amines is 1. The van der Waals surface area contributed by atoms with Gasteiger partial charge in [0, 0.05) is 28.6 Å². The van der Waals surface area contributed by atoms with Gasteiger partial charge in [-0.15, -0.1) is 11.3 Å². The van der Waals surface area contributed by atoms with E-state index in [0.29, 0.717) is 23.8 Å². The molecular weight excluding hydrogens is 454 g/mol. The maximum absolute atomic E-state index is 11.7. The highest BCUT2D eigenvalue weighted by Gasteiger charge is 2.48. The number of nitrogens with zero attached hydrogens (tertiary/aromatic N) is 4. The lowest BCUT2D eigenvalue weighted by molar-refractivity contribution is -0.119. The molecule has 6 nitrogen and oxygen atoms in total. The fraction of sp³-hybridized carbons (Fsp3) is 0.536. The number of carbonyl (C=O) groups excluding carboxylic acids is 1. The summed E-state index contributed by atoms with van der Waals surface area (Å²) in [6.45, 7) is 13.5. The molecule has 0 bridgehead atoms. The van der Waals surface area contributed by atoms with Crippen LogP contribution in [0.25, 0.3) is 27.1 Å². The molecule has 4 aromatic rings. The van der Waals surface area contributed by atoms with Gasteiger partial charge in [-0.2, -0.15) is 5.10 Å². The van der Waals surface area contributed by atoms with Crippen molar-refractivity contribution in [3.05, 3.63) is 40.2 Å². The molecule has 1 saturated heterocycles. The highest BCUT2D eigenvalue weighted by molar-refractivity contribution is 7.19. The van der Waals surface area contributed by atoms with Gasteiger partial charge in [0.1, 0.15) is 16.9 Å². The zero-order valence-electron chi connectivity index (χ0n) is 21.4. The first-order chi connectivity index (χ1) is 16.7. The van der Waals surface area contributed by atoms with Crippen LogP contribution in [0.1, 0.15) is 79.9 Å². The molecule has 7 heteroatoms. The molecule has 2 fully saturated rings. The molecule has 1 aliphatic heterocycles. The van der Waals surface area contributed by atoms with Crippen molar-refractivity contribution < 1.29 is 4.79 Å². The number of hydrogen-bond donors (Lipinski definition) is 1.